The molecular formula is C36H29N9O13S3. The summed E-state index contributed by atoms with van der Waals surface area (Å²) in [4.78, 5) is 8.96. The van der Waals surface area contributed by atoms with Crippen LogP contribution in [0.15, 0.2) is 142 Å². The van der Waals surface area contributed by atoms with Gasteiger partial charge in [0, 0.05) is 11.8 Å². The van der Waals surface area contributed by atoms with Crippen LogP contribution in [0.25, 0.3) is 10.8 Å². The molecule has 22 nitrogen and oxygen atoms in total. The van der Waals surface area contributed by atoms with Crippen molar-refractivity contribution in [2.24, 2.45) is 30.7 Å². The molecule has 0 radical (unpaired) electrons. The van der Waals surface area contributed by atoms with E-state index in [4.69, 9.17) is 11.5 Å². The number of phenols is 2. The second-order valence-corrected chi connectivity index (χ2v) is 16.6. The molecule has 0 aliphatic rings. The van der Waals surface area contributed by atoms with Crippen molar-refractivity contribution in [1.82, 2.24) is 0 Å². The summed E-state index contributed by atoms with van der Waals surface area (Å²) in [5.41, 5.74) is 10.6. The number of hydrogen-bond acceptors (Lipinski definition) is 19. The molecule has 0 aromatic heterocycles. The van der Waals surface area contributed by atoms with Gasteiger partial charge in [-0.2, -0.15) is 40.6 Å². The summed E-state index contributed by atoms with van der Waals surface area (Å²) in [6, 6.07) is 20.1. The number of rotatable bonds is 12. The molecule has 6 aromatic rings. The summed E-state index contributed by atoms with van der Waals surface area (Å²) in [7, 11) is -14.3. The molecule has 25 heteroatoms. The highest BCUT2D eigenvalue weighted by Crippen LogP contribution is 2.48. The molecule has 0 unspecified atom stereocenters. The molecule has 6 rings (SSSR count). The molecule has 0 amide bonds. The molecule has 0 saturated carbocycles. The largest absolute Gasteiger partial charge is 0.508 e. The van der Waals surface area contributed by atoms with E-state index >= 15 is 0 Å². The zero-order chi connectivity index (χ0) is 44.4. The molecule has 0 atom stereocenters. The van der Waals surface area contributed by atoms with Crippen molar-refractivity contribution in [3.05, 3.63) is 103 Å². The van der Waals surface area contributed by atoms with Crippen LogP contribution in [0.2, 0.25) is 0 Å². The van der Waals surface area contributed by atoms with E-state index in [0.29, 0.717) is 29.2 Å². The number of ether oxygens (including phenoxy) is 1. The minimum Gasteiger partial charge on any atom is -0.508 e. The third-order valence-corrected chi connectivity index (χ3v) is 11.0. The van der Waals surface area contributed by atoms with E-state index in [1.165, 1.54) is 86.0 Å². The van der Waals surface area contributed by atoms with Crippen LogP contribution in [-0.2, 0) is 35.1 Å². The second-order valence-electron chi connectivity index (χ2n) is 12.5. The second kappa shape index (κ2) is 16.7. The predicted octanol–water partition coefficient (Wildman–Crippen LogP) is 7.93. The van der Waals surface area contributed by atoms with Gasteiger partial charge in [-0.25, -0.2) is 4.79 Å². The lowest BCUT2D eigenvalue weighted by atomic mass is 10.1. The van der Waals surface area contributed by atoms with Crippen LogP contribution in [0.3, 0.4) is 0 Å². The lowest BCUT2D eigenvalue weighted by molar-refractivity contribution is 0.0600. The Morgan fingerprint density at radius 2 is 1.13 bits per heavy atom. The fourth-order valence-corrected chi connectivity index (χ4v) is 7.50. The maximum atomic E-state index is 12.6. The van der Waals surface area contributed by atoms with E-state index in [0.717, 1.165) is 6.07 Å². The standard InChI is InChI=1S/C36H29N9O13S3/c1-58-36(48)18-2-4-21(5-3-18)41-45-34-30(61(55,56)57)15-19-14-29(60(52,53)54)33(32(38)31(19)35(34)47)44-42-23-10-12-27(28(16-23)59(49,50)51)39-20-6-8-22(9-7-20)40-43-26-13-11-24(46)17-25(26)37/h2-17,39,46-47H,37-38H2,1H3,(H,49,50,51)(H,52,53,54)(H,55,56,57)/b43-40+,44-42+,45-41+. The molecule has 0 heterocycles. The third-order valence-electron chi connectivity index (χ3n) is 8.36. The average Bonchev–Trinajstić information content (AvgIpc) is 3.19. The van der Waals surface area contributed by atoms with Gasteiger partial charge in [0.25, 0.3) is 30.4 Å². The molecule has 0 saturated heterocycles. The number of phenolic OH excluding ortho intramolecular Hbond substituents is 2. The van der Waals surface area contributed by atoms with Crippen LogP contribution in [0, 0.1) is 0 Å². The molecular weight excluding hydrogens is 863 g/mol. The Bertz CT molecular complexity index is 3180. The summed E-state index contributed by atoms with van der Waals surface area (Å²) in [6.45, 7) is 0. The van der Waals surface area contributed by atoms with Gasteiger partial charge < -0.3 is 31.7 Å². The number of nitrogen functional groups attached to an aromatic ring is 2. The van der Waals surface area contributed by atoms with E-state index < -0.39 is 84.6 Å². The number of anilines is 4. The number of azo groups is 3. The molecule has 0 aliphatic carbocycles. The van der Waals surface area contributed by atoms with Crippen molar-refractivity contribution < 1.29 is 58.7 Å². The van der Waals surface area contributed by atoms with Gasteiger partial charge in [0.2, 0.25) is 0 Å². The molecule has 0 aliphatic heterocycles. The Morgan fingerprint density at radius 1 is 0.607 bits per heavy atom. The highest BCUT2D eigenvalue weighted by Gasteiger charge is 2.28. The first-order chi connectivity index (χ1) is 28.6. The van der Waals surface area contributed by atoms with Crippen molar-refractivity contribution in [3.8, 4) is 11.5 Å². The van der Waals surface area contributed by atoms with E-state index in [9.17, 15) is 53.9 Å². The van der Waals surface area contributed by atoms with Gasteiger partial charge in [-0.05, 0) is 96.4 Å². The fourth-order valence-electron chi connectivity index (χ4n) is 5.50. The Morgan fingerprint density at radius 3 is 1.70 bits per heavy atom. The number of nitrogens with zero attached hydrogens (tertiary/aromatic N) is 6. The smallest absolute Gasteiger partial charge is 0.337 e. The Labute approximate surface area is 344 Å². The van der Waals surface area contributed by atoms with Crippen LogP contribution < -0.4 is 16.8 Å². The number of nitrogens with one attached hydrogen (secondary N) is 1. The van der Waals surface area contributed by atoms with Crippen LogP contribution in [-0.4, -0.2) is 62.2 Å². The molecule has 0 fully saturated rings. The van der Waals surface area contributed by atoms with Crippen LogP contribution in [0.4, 0.5) is 56.9 Å². The summed E-state index contributed by atoms with van der Waals surface area (Å²) < 4.78 is 110. The van der Waals surface area contributed by atoms with E-state index in [1.54, 1.807) is 0 Å². The topological polar surface area (TPSA) is 368 Å². The zero-order valence-corrected chi connectivity index (χ0v) is 33.3. The quantitative estimate of drug-likeness (QED) is 0.0250. The number of fused-ring (bicyclic) bond motifs is 1. The number of nitrogens with two attached hydrogens (primary N) is 2. The van der Waals surface area contributed by atoms with Gasteiger partial charge in [0.05, 0.1) is 52.2 Å². The SMILES string of the molecule is COC(=O)c1ccc(/N=N/c2c(S(=O)(=O)O)cc3cc(S(=O)(=O)O)c(/N=N/c4ccc(Nc5ccc(/N=N/c6ccc(O)cc6N)cc5)c(S(=O)(=O)O)c4)c(N)c3c2O)cc1. The van der Waals surface area contributed by atoms with Gasteiger partial charge in [0.15, 0.2) is 5.75 Å². The number of benzene rings is 6. The maximum absolute atomic E-state index is 12.6. The van der Waals surface area contributed by atoms with Crippen molar-refractivity contribution >= 4 is 104 Å². The van der Waals surface area contributed by atoms with Crippen molar-refractivity contribution in [2.45, 2.75) is 14.7 Å². The van der Waals surface area contributed by atoms with Gasteiger partial charge in [-0.15, -0.1) is 15.3 Å². The highest BCUT2D eigenvalue weighted by molar-refractivity contribution is 7.86. The average molecular weight is 892 g/mol. The highest BCUT2D eigenvalue weighted by atomic mass is 32.2. The normalized spacial score (nSPS) is 12.5. The number of carbonyl (C=O) groups excluding carboxylic acids is 1. The zero-order valence-electron chi connectivity index (χ0n) is 30.8. The van der Waals surface area contributed by atoms with Gasteiger partial charge in [0.1, 0.15) is 37.5 Å². The third kappa shape index (κ3) is 9.73. The van der Waals surface area contributed by atoms with Gasteiger partial charge in [-0.3, -0.25) is 13.7 Å². The lowest BCUT2D eigenvalue weighted by Crippen LogP contribution is -2.04. The first-order valence-electron chi connectivity index (χ1n) is 16.7. The lowest BCUT2D eigenvalue weighted by Gasteiger charge is -2.14. The van der Waals surface area contributed by atoms with Gasteiger partial charge in [-0.1, -0.05) is 0 Å². The van der Waals surface area contributed by atoms with Crippen LogP contribution in [0.1, 0.15) is 10.4 Å². The minimum absolute atomic E-state index is 0.0396. The fraction of sp³-hybridized carbons (Fsp3) is 0.0278. The molecule has 314 valence electrons. The number of methoxy groups -OCH3 is 1. The molecule has 61 heavy (non-hydrogen) atoms. The van der Waals surface area contributed by atoms with Crippen molar-refractivity contribution in [1.29, 1.82) is 0 Å². The van der Waals surface area contributed by atoms with Crippen LogP contribution in [0.5, 0.6) is 11.5 Å². The summed E-state index contributed by atoms with van der Waals surface area (Å²) in [5.74, 6) is -1.75. The van der Waals surface area contributed by atoms with Crippen molar-refractivity contribution in [3.63, 3.8) is 0 Å². The van der Waals surface area contributed by atoms with Crippen LogP contribution >= 0.6 is 0 Å². The Hall–Kier alpha value is -7.42. The number of esters is 1. The number of aromatic hydroxyl groups is 2. The molecule has 6 aromatic carbocycles. The monoisotopic (exact) mass is 891 g/mol. The minimum atomic E-state index is -5.25. The summed E-state index contributed by atoms with van der Waals surface area (Å²) >= 11 is 0. The Kier molecular flexibility index (Phi) is 11.8. The Balaban J connectivity index is 1.37. The van der Waals surface area contributed by atoms with E-state index in [-0.39, 0.29) is 34.1 Å². The molecule has 10 N–H and O–H groups in total. The maximum Gasteiger partial charge on any atom is 0.337 e. The molecule has 0 bridgehead atoms. The summed E-state index contributed by atoms with van der Waals surface area (Å²) in [6.07, 6.45) is 0. The molecule has 0 spiro atoms. The summed E-state index contributed by atoms with van der Waals surface area (Å²) in [5, 5.41) is 46.1. The van der Waals surface area contributed by atoms with E-state index in [1.807, 2.05) is 0 Å². The van der Waals surface area contributed by atoms with Gasteiger partial charge >= 0.3 is 5.97 Å². The van der Waals surface area contributed by atoms with E-state index in [2.05, 4.69) is 40.7 Å². The first-order valence-corrected chi connectivity index (χ1v) is 21.0. The number of hydrogen-bond donors (Lipinski definition) is 8. The first kappa shape index (κ1) is 43.2. The predicted molar refractivity (Wildman–Crippen MR) is 218 cm³/mol. The van der Waals surface area contributed by atoms with Crippen molar-refractivity contribution in [2.75, 3.05) is 23.9 Å². The number of carbonyl (C=O) groups is 1.